The summed E-state index contributed by atoms with van der Waals surface area (Å²) in [4.78, 5) is 0. The Kier molecular flexibility index (Phi) is 1.52. The fraction of sp³-hybridized carbons (Fsp3) is 1.00. The van der Waals surface area contributed by atoms with E-state index in [1.165, 1.54) is 32.1 Å². The highest BCUT2D eigenvalue weighted by Crippen LogP contribution is 2.59. The molecule has 0 amide bonds. The lowest BCUT2D eigenvalue weighted by atomic mass is 9.55. The number of aliphatic hydroxyl groups is 1. The van der Waals surface area contributed by atoms with Crippen LogP contribution in [0, 0.1) is 5.41 Å². The van der Waals surface area contributed by atoms with Crippen LogP contribution in [0.1, 0.15) is 38.5 Å². The lowest BCUT2D eigenvalue weighted by Gasteiger charge is -2.54. The molecule has 2 aliphatic rings. The minimum atomic E-state index is -0.483. The molecule has 0 aromatic rings. The van der Waals surface area contributed by atoms with Crippen molar-refractivity contribution < 1.29 is 5.11 Å². The first-order valence-corrected chi connectivity index (χ1v) is 4.65. The summed E-state index contributed by atoms with van der Waals surface area (Å²) in [6, 6.07) is 0. The highest BCUT2D eigenvalue weighted by molar-refractivity contribution is 5.10. The number of nitrogens with two attached hydrogens (primary N) is 1. The molecule has 3 N–H and O–H groups in total. The molecule has 2 aliphatic carbocycles. The van der Waals surface area contributed by atoms with E-state index in [9.17, 15) is 5.11 Å². The van der Waals surface area contributed by atoms with Gasteiger partial charge in [-0.05, 0) is 25.7 Å². The van der Waals surface area contributed by atoms with E-state index in [1.807, 2.05) is 0 Å². The van der Waals surface area contributed by atoms with Gasteiger partial charge in [0.2, 0.25) is 0 Å². The summed E-state index contributed by atoms with van der Waals surface area (Å²) in [5.41, 5.74) is 5.34. The van der Waals surface area contributed by atoms with Crippen molar-refractivity contribution in [3.8, 4) is 0 Å². The molecule has 2 rings (SSSR count). The summed E-state index contributed by atoms with van der Waals surface area (Å²) < 4.78 is 0. The molecular formula is C9H17NO. The maximum Gasteiger partial charge on any atom is 0.0825 e. The third-order valence-corrected chi connectivity index (χ3v) is 3.90. The number of hydrogen-bond donors (Lipinski definition) is 2. The SMILES string of the molecule is NCC1(O)CCC12CCCC2. The van der Waals surface area contributed by atoms with Crippen molar-refractivity contribution in [3.05, 3.63) is 0 Å². The average molecular weight is 155 g/mol. The van der Waals surface area contributed by atoms with Gasteiger partial charge < -0.3 is 10.8 Å². The van der Waals surface area contributed by atoms with Gasteiger partial charge in [-0.1, -0.05) is 12.8 Å². The second-order valence-corrected chi connectivity index (χ2v) is 4.22. The Hall–Kier alpha value is -0.0800. The van der Waals surface area contributed by atoms with E-state index in [-0.39, 0.29) is 5.41 Å². The third kappa shape index (κ3) is 0.798. The van der Waals surface area contributed by atoms with Crippen molar-refractivity contribution in [2.75, 3.05) is 6.54 Å². The molecule has 0 aromatic carbocycles. The van der Waals surface area contributed by atoms with Gasteiger partial charge in [-0.15, -0.1) is 0 Å². The molecule has 64 valence electrons. The van der Waals surface area contributed by atoms with E-state index in [0.29, 0.717) is 6.54 Å². The second-order valence-electron chi connectivity index (χ2n) is 4.22. The second kappa shape index (κ2) is 2.20. The van der Waals surface area contributed by atoms with E-state index in [2.05, 4.69) is 0 Å². The predicted molar refractivity (Wildman–Crippen MR) is 44.1 cm³/mol. The normalized spacial score (nSPS) is 40.9. The topological polar surface area (TPSA) is 46.2 Å². The first kappa shape index (κ1) is 7.56. The first-order valence-electron chi connectivity index (χ1n) is 4.65. The molecule has 2 saturated carbocycles. The summed E-state index contributed by atoms with van der Waals surface area (Å²) in [5, 5.41) is 10.0. The Morgan fingerprint density at radius 2 is 1.73 bits per heavy atom. The monoisotopic (exact) mass is 155 g/mol. The summed E-state index contributed by atoms with van der Waals surface area (Å²) >= 11 is 0. The Labute approximate surface area is 67.8 Å². The molecule has 2 heteroatoms. The zero-order valence-corrected chi connectivity index (χ0v) is 6.97. The summed E-state index contributed by atoms with van der Waals surface area (Å²) in [7, 11) is 0. The molecule has 1 atom stereocenters. The van der Waals surface area contributed by atoms with Gasteiger partial charge in [-0.2, -0.15) is 0 Å². The standard InChI is InChI=1S/C9H17NO/c10-7-9(11)6-5-8(9)3-1-2-4-8/h11H,1-7,10H2. The minimum absolute atomic E-state index is 0.252. The number of rotatable bonds is 1. The first-order chi connectivity index (χ1) is 5.22. The molecule has 0 saturated heterocycles. The predicted octanol–water partition coefficient (Wildman–Crippen LogP) is 1.03. The Morgan fingerprint density at radius 1 is 1.09 bits per heavy atom. The molecular weight excluding hydrogens is 138 g/mol. The van der Waals surface area contributed by atoms with Crippen molar-refractivity contribution in [1.82, 2.24) is 0 Å². The molecule has 0 bridgehead atoms. The highest BCUT2D eigenvalue weighted by Gasteiger charge is 2.57. The smallest absolute Gasteiger partial charge is 0.0825 e. The van der Waals surface area contributed by atoms with Gasteiger partial charge in [0.25, 0.3) is 0 Å². The maximum absolute atomic E-state index is 10.0. The highest BCUT2D eigenvalue weighted by atomic mass is 16.3. The van der Waals surface area contributed by atoms with E-state index >= 15 is 0 Å². The quantitative estimate of drug-likeness (QED) is 0.594. The fourth-order valence-corrected chi connectivity index (χ4v) is 2.85. The molecule has 11 heavy (non-hydrogen) atoms. The van der Waals surface area contributed by atoms with Gasteiger partial charge in [0, 0.05) is 12.0 Å². The molecule has 2 nitrogen and oxygen atoms in total. The molecule has 1 spiro atoms. The Balaban J connectivity index is 2.14. The molecule has 0 aromatic heterocycles. The summed E-state index contributed by atoms with van der Waals surface area (Å²) in [6.45, 7) is 0.465. The number of hydrogen-bond acceptors (Lipinski definition) is 2. The fourth-order valence-electron chi connectivity index (χ4n) is 2.85. The van der Waals surface area contributed by atoms with Crippen LogP contribution >= 0.6 is 0 Å². The zero-order chi connectivity index (χ0) is 7.95. The van der Waals surface area contributed by atoms with Crippen LogP contribution < -0.4 is 5.73 Å². The van der Waals surface area contributed by atoms with Crippen LogP contribution in [0.3, 0.4) is 0 Å². The van der Waals surface area contributed by atoms with Crippen LogP contribution in [0.15, 0.2) is 0 Å². The lowest BCUT2D eigenvalue weighted by Crippen LogP contribution is -2.60. The van der Waals surface area contributed by atoms with Gasteiger partial charge in [0.1, 0.15) is 0 Å². The van der Waals surface area contributed by atoms with Crippen molar-refractivity contribution in [2.24, 2.45) is 11.1 Å². The van der Waals surface area contributed by atoms with Crippen molar-refractivity contribution in [1.29, 1.82) is 0 Å². The Morgan fingerprint density at radius 3 is 2.09 bits per heavy atom. The van der Waals surface area contributed by atoms with Crippen LogP contribution in [-0.4, -0.2) is 17.3 Å². The molecule has 2 fully saturated rings. The van der Waals surface area contributed by atoms with Gasteiger partial charge in [-0.3, -0.25) is 0 Å². The average Bonchev–Trinajstić information content (AvgIpc) is 2.51. The van der Waals surface area contributed by atoms with E-state index in [0.717, 1.165) is 6.42 Å². The van der Waals surface area contributed by atoms with E-state index in [1.54, 1.807) is 0 Å². The van der Waals surface area contributed by atoms with Crippen LogP contribution in [-0.2, 0) is 0 Å². The summed E-state index contributed by atoms with van der Waals surface area (Å²) in [6.07, 6.45) is 7.15. The lowest BCUT2D eigenvalue weighted by molar-refractivity contribution is -0.156. The van der Waals surface area contributed by atoms with E-state index < -0.39 is 5.60 Å². The van der Waals surface area contributed by atoms with Crippen LogP contribution in [0.4, 0.5) is 0 Å². The van der Waals surface area contributed by atoms with Gasteiger partial charge in [0.15, 0.2) is 0 Å². The third-order valence-electron chi connectivity index (χ3n) is 3.90. The molecule has 0 radical (unpaired) electrons. The maximum atomic E-state index is 10.0. The van der Waals surface area contributed by atoms with Crippen LogP contribution in [0.25, 0.3) is 0 Å². The van der Waals surface area contributed by atoms with Gasteiger partial charge >= 0.3 is 0 Å². The van der Waals surface area contributed by atoms with Crippen molar-refractivity contribution in [3.63, 3.8) is 0 Å². The zero-order valence-electron chi connectivity index (χ0n) is 6.97. The van der Waals surface area contributed by atoms with E-state index in [4.69, 9.17) is 5.73 Å². The largest absolute Gasteiger partial charge is 0.388 e. The van der Waals surface area contributed by atoms with Crippen molar-refractivity contribution in [2.45, 2.75) is 44.1 Å². The minimum Gasteiger partial charge on any atom is -0.388 e. The van der Waals surface area contributed by atoms with Gasteiger partial charge in [-0.25, -0.2) is 0 Å². The van der Waals surface area contributed by atoms with Crippen molar-refractivity contribution >= 4 is 0 Å². The molecule has 0 aliphatic heterocycles. The van der Waals surface area contributed by atoms with Crippen LogP contribution in [0.2, 0.25) is 0 Å². The van der Waals surface area contributed by atoms with Gasteiger partial charge in [0.05, 0.1) is 5.60 Å². The van der Waals surface area contributed by atoms with Crippen LogP contribution in [0.5, 0.6) is 0 Å². The Bertz CT molecular complexity index is 159. The molecule has 0 heterocycles. The summed E-state index contributed by atoms with van der Waals surface area (Å²) in [5.74, 6) is 0. The molecule has 1 unspecified atom stereocenters.